The lowest BCUT2D eigenvalue weighted by molar-refractivity contribution is 0.614. The van der Waals surface area contributed by atoms with Crippen molar-refractivity contribution in [2.75, 3.05) is 11.9 Å². The van der Waals surface area contributed by atoms with Crippen LogP contribution >= 0.6 is 15.9 Å². The molecule has 96 valence electrons. The van der Waals surface area contributed by atoms with Crippen LogP contribution in [0.5, 0.6) is 0 Å². The summed E-state index contributed by atoms with van der Waals surface area (Å²) in [4.78, 5) is 4.64. The average molecular weight is 307 g/mol. The van der Waals surface area contributed by atoms with E-state index in [1.54, 1.807) is 0 Å². The Morgan fingerprint density at radius 2 is 1.89 bits per heavy atom. The third-order valence-corrected chi connectivity index (χ3v) is 3.51. The minimum Gasteiger partial charge on any atom is -0.311 e. The number of benzene rings is 1. The Morgan fingerprint density at radius 3 is 2.78 bits per heavy atom. The van der Waals surface area contributed by atoms with Crippen molar-refractivity contribution >= 4 is 26.8 Å². The first kappa shape index (κ1) is 13.5. The molecule has 2 rings (SSSR count). The van der Waals surface area contributed by atoms with Crippen molar-refractivity contribution in [1.29, 1.82) is 0 Å². The minimum absolute atomic E-state index is 0.860. The van der Waals surface area contributed by atoms with E-state index in [4.69, 9.17) is 0 Å². The summed E-state index contributed by atoms with van der Waals surface area (Å²) in [5, 5.41) is 5.76. The highest BCUT2D eigenvalue weighted by molar-refractivity contribution is 9.09. The molecule has 0 atom stereocenters. The van der Waals surface area contributed by atoms with Crippen LogP contribution in [0.4, 0.5) is 0 Å². The monoisotopic (exact) mass is 306 g/mol. The number of nitrogens with one attached hydrogen (secondary N) is 1. The van der Waals surface area contributed by atoms with Gasteiger partial charge >= 0.3 is 0 Å². The molecule has 2 nitrogen and oxygen atoms in total. The molecule has 1 aromatic heterocycles. The van der Waals surface area contributed by atoms with Crippen molar-refractivity contribution in [3.05, 3.63) is 42.1 Å². The van der Waals surface area contributed by atoms with E-state index in [1.807, 2.05) is 12.1 Å². The fraction of sp³-hybridized carbons (Fsp3) is 0.400. The summed E-state index contributed by atoms with van der Waals surface area (Å²) in [6.45, 7) is 1.93. The molecule has 0 radical (unpaired) electrons. The predicted octanol–water partition coefficient (Wildman–Crippen LogP) is 3.89. The first-order chi connectivity index (χ1) is 8.90. The number of nitrogens with zero attached hydrogens (tertiary/aromatic N) is 1. The summed E-state index contributed by atoms with van der Waals surface area (Å²) in [5.41, 5.74) is 2.20. The van der Waals surface area contributed by atoms with Crippen LogP contribution in [0.1, 0.15) is 25.0 Å². The standard InChI is InChI=1S/C15H19BrN2/c16-10-4-1-5-11-17-12-14-9-8-13-6-2-3-7-15(13)18-14/h2-3,6-9,17H,1,4-5,10-12H2. The van der Waals surface area contributed by atoms with E-state index in [0.717, 1.165) is 29.6 Å². The maximum atomic E-state index is 4.64. The van der Waals surface area contributed by atoms with Crippen molar-refractivity contribution in [3.8, 4) is 0 Å². The quantitative estimate of drug-likeness (QED) is 0.620. The zero-order chi connectivity index (χ0) is 12.6. The van der Waals surface area contributed by atoms with E-state index in [0.29, 0.717) is 0 Å². The van der Waals surface area contributed by atoms with E-state index >= 15 is 0 Å². The molecule has 3 heteroatoms. The Hall–Kier alpha value is -0.930. The average Bonchev–Trinajstić information content (AvgIpc) is 2.42. The highest BCUT2D eigenvalue weighted by atomic mass is 79.9. The van der Waals surface area contributed by atoms with Crippen LogP contribution in [0.2, 0.25) is 0 Å². The molecule has 0 saturated heterocycles. The molecule has 1 N–H and O–H groups in total. The lowest BCUT2D eigenvalue weighted by Crippen LogP contribution is -2.15. The number of aromatic nitrogens is 1. The number of halogens is 1. The number of alkyl halides is 1. The highest BCUT2D eigenvalue weighted by Gasteiger charge is 1.97. The maximum Gasteiger partial charge on any atom is 0.0705 e. The fourth-order valence-corrected chi connectivity index (χ4v) is 2.34. The largest absolute Gasteiger partial charge is 0.311 e. The zero-order valence-corrected chi connectivity index (χ0v) is 12.1. The van der Waals surface area contributed by atoms with E-state index in [2.05, 4.69) is 50.5 Å². The van der Waals surface area contributed by atoms with Gasteiger partial charge in [-0.3, -0.25) is 4.98 Å². The number of rotatable bonds is 7. The molecule has 0 bridgehead atoms. The normalized spacial score (nSPS) is 10.9. The molecule has 0 aliphatic rings. The van der Waals surface area contributed by atoms with Gasteiger partial charge in [0.1, 0.15) is 0 Å². The van der Waals surface area contributed by atoms with Crippen LogP contribution in [-0.4, -0.2) is 16.9 Å². The topological polar surface area (TPSA) is 24.9 Å². The number of hydrogen-bond acceptors (Lipinski definition) is 2. The van der Waals surface area contributed by atoms with E-state index in [9.17, 15) is 0 Å². The first-order valence-electron chi connectivity index (χ1n) is 6.51. The molecule has 0 saturated carbocycles. The highest BCUT2D eigenvalue weighted by Crippen LogP contribution is 2.11. The molecule has 0 aliphatic carbocycles. The summed E-state index contributed by atoms with van der Waals surface area (Å²) in [6, 6.07) is 12.5. The smallest absolute Gasteiger partial charge is 0.0705 e. The van der Waals surface area contributed by atoms with E-state index in [1.165, 1.54) is 24.6 Å². The van der Waals surface area contributed by atoms with Crippen molar-refractivity contribution in [3.63, 3.8) is 0 Å². The molecule has 0 aliphatic heterocycles. The van der Waals surface area contributed by atoms with Crippen molar-refractivity contribution in [1.82, 2.24) is 10.3 Å². The minimum atomic E-state index is 0.860. The molecule has 1 aromatic carbocycles. The molecular formula is C15H19BrN2. The van der Waals surface area contributed by atoms with Gasteiger partial charge in [-0.25, -0.2) is 0 Å². The number of para-hydroxylation sites is 1. The second-order valence-electron chi connectivity index (χ2n) is 4.42. The van der Waals surface area contributed by atoms with Crippen molar-refractivity contribution in [2.24, 2.45) is 0 Å². The molecule has 0 fully saturated rings. The van der Waals surface area contributed by atoms with Gasteiger partial charge in [0.2, 0.25) is 0 Å². The molecule has 0 spiro atoms. The second-order valence-corrected chi connectivity index (χ2v) is 5.21. The Labute approximate surface area is 117 Å². The molecule has 1 heterocycles. The molecule has 2 aromatic rings. The van der Waals surface area contributed by atoms with Crippen LogP contribution in [0, 0.1) is 0 Å². The van der Waals surface area contributed by atoms with Crippen LogP contribution in [0.15, 0.2) is 36.4 Å². The third kappa shape index (κ3) is 4.07. The van der Waals surface area contributed by atoms with E-state index in [-0.39, 0.29) is 0 Å². The fourth-order valence-electron chi connectivity index (χ4n) is 1.94. The molecule has 0 unspecified atom stereocenters. The van der Waals surface area contributed by atoms with Gasteiger partial charge in [0.15, 0.2) is 0 Å². The van der Waals surface area contributed by atoms with Gasteiger partial charge in [-0.2, -0.15) is 0 Å². The molecular weight excluding hydrogens is 288 g/mol. The molecule has 0 amide bonds. The lowest BCUT2D eigenvalue weighted by atomic mass is 10.2. The van der Waals surface area contributed by atoms with Gasteiger partial charge in [0, 0.05) is 17.3 Å². The van der Waals surface area contributed by atoms with Gasteiger partial charge in [-0.05, 0) is 31.5 Å². The number of fused-ring (bicyclic) bond motifs is 1. The Kier molecular flexibility index (Phi) is 5.62. The Morgan fingerprint density at radius 1 is 1.00 bits per heavy atom. The van der Waals surface area contributed by atoms with Gasteiger partial charge < -0.3 is 5.32 Å². The first-order valence-corrected chi connectivity index (χ1v) is 7.63. The number of hydrogen-bond donors (Lipinski definition) is 1. The van der Waals surface area contributed by atoms with Gasteiger partial charge in [-0.1, -0.05) is 46.6 Å². The Bertz CT molecular complexity index is 485. The maximum absolute atomic E-state index is 4.64. The lowest BCUT2D eigenvalue weighted by Gasteiger charge is -2.05. The summed E-state index contributed by atoms with van der Waals surface area (Å²) in [7, 11) is 0. The van der Waals surface area contributed by atoms with Gasteiger partial charge in [-0.15, -0.1) is 0 Å². The van der Waals surface area contributed by atoms with Crippen LogP contribution < -0.4 is 5.32 Å². The van der Waals surface area contributed by atoms with Gasteiger partial charge in [0.25, 0.3) is 0 Å². The molecule has 18 heavy (non-hydrogen) atoms. The van der Waals surface area contributed by atoms with Crippen LogP contribution in [0.3, 0.4) is 0 Å². The Balaban J connectivity index is 1.81. The van der Waals surface area contributed by atoms with Gasteiger partial charge in [0.05, 0.1) is 11.2 Å². The van der Waals surface area contributed by atoms with Crippen molar-refractivity contribution < 1.29 is 0 Å². The zero-order valence-electron chi connectivity index (χ0n) is 10.5. The van der Waals surface area contributed by atoms with Crippen LogP contribution in [-0.2, 0) is 6.54 Å². The summed E-state index contributed by atoms with van der Waals surface area (Å²) < 4.78 is 0. The third-order valence-electron chi connectivity index (χ3n) is 2.95. The SMILES string of the molecule is BrCCCCCNCc1ccc2ccccc2n1. The van der Waals surface area contributed by atoms with Crippen molar-refractivity contribution in [2.45, 2.75) is 25.8 Å². The summed E-state index contributed by atoms with van der Waals surface area (Å²) in [6.07, 6.45) is 3.78. The second kappa shape index (κ2) is 7.49. The number of pyridine rings is 1. The summed E-state index contributed by atoms with van der Waals surface area (Å²) >= 11 is 3.45. The predicted molar refractivity (Wildman–Crippen MR) is 81.1 cm³/mol. The van der Waals surface area contributed by atoms with E-state index < -0.39 is 0 Å². The number of unbranched alkanes of at least 4 members (excludes halogenated alkanes) is 2. The van der Waals surface area contributed by atoms with Crippen LogP contribution in [0.25, 0.3) is 10.9 Å². The summed E-state index contributed by atoms with van der Waals surface area (Å²) in [5.74, 6) is 0.